The molecule has 262 valence electrons. The summed E-state index contributed by atoms with van der Waals surface area (Å²) >= 11 is 0. The molecule has 1 aromatic rings. The van der Waals surface area contributed by atoms with Gasteiger partial charge in [-0.1, -0.05) is 52.0 Å². The first-order chi connectivity index (χ1) is 22.6. The summed E-state index contributed by atoms with van der Waals surface area (Å²) in [5.74, 6) is 3.29. The normalized spacial score (nSPS) is 14.0. The maximum Gasteiger partial charge on any atom is 0.311 e. The van der Waals surface area contributed by atoms with Crippen molar-refractivity contribution in [2.45, 2.75) is 99.6 Å². The maximum absolute atomic E-state index is 13.2. The molecule has 1 heterocycles. The molecule has 0 saturated carbocycles. The van der Waals surface area contributed by atoms with Crippen LogP contribution in [0.15, 0.2) is 30.4 Å². The van der Waals surface area contributed by atoms with E-state index in [0.717, 1.165) is 6.42 Å². The number of nitrogens with one attached hydrogen (secondary N) is 2. The summed E-state index contributed by atoms with van der Waals surface area (Å²) in [6.45, 7) is 13.8. The van der Waals surface area contributed by atoms with Crippen molar-refractivity contribution in [3.05, 3.63) is 41.5 Å². The second kappa shape index (κ2) is 19.5. The lowest BCUT2D eigenvalue weighted by atomic mass is 9.92. The average molecular weight is 666 g/mol. The van der Waals surface area contributed by atoms with Gasteiger partial charge in [-0.15, -0.1) is 0 Å². The third kappa shape index (κ3) is 13.4. The molecule has 0 unspecified atom stereocenters. The smallest absolute Gasteiger partial charge is 0.311 e. The fourth-order valence-electron chi connectivity index (χ4n) is 4.69. The summed E-state index contributed by atoms with van der Waals surface area (Å²) in [5.41, 5.74) is 1.08. The molecule has 1 aromatic carbocycles. The van der Waals surface area contributed by atoms with Gasteiger partial charge in [0.1, 0.15) is 13.2 Å². The Kier molecular flexibility index (Phi) is 16.2. The number of imide groups is 1. The number of carbonyl (C=O) groups excluding carboxylic acids is 6. The fourth-order valence-corrected chi connectivity index (χ4v) is 4.69. The van der Waals surface area contributed by atoms with Crippen molar-refractivity contribution in [3.63, 3.8) is 0 Å². The predicted molar refractivity (Wildman–Crippen MR) is 182 cm³/mol. The van der Waals surface area contributed by atoms with Gasteiger partial charge in [-0.25, -0.2) is 0 Å². The number of esters is 1. The van der Waals surface area contributed by atoms with E-state index in [1.54, 1.807) is 45.9 Å². The standard InChI is InChI=1S/C37H51N3O8/c1-8-20-47-21-12-13-27-23-29(16-15-28(27)24-48-36(46)37(5,6)7)38-35(45)26(4)22-30(41)34(25(2)3)39-31(42)14-10-9-11-19-40-32(43)17-18-33(40)44/h15-18,23,25-26,34H,8-11,14,19-22,24H2,1-7H3,(H,38,45)(H,39,42)/t26-,34+/m1/s1. The molecular weight excluding hydrogens is 614 g/mol. The fraction of sp³-hybridized carbons (Fsp3) is 0.568. The summed E-state index contributed by atoms with van der Waals surface area (Å²) < 4.78 is 10.9. The van der Waals surface area contributed by atoms with E-state index in [4.69, 9.17) is 9.47 Å². The number of carbonyl (C=O) groups is 6. The predicted octanol–water partition coefficient (Wildman–Crippen LogP) is 4.71. The highest BCUT2D eigenvalue weighted by molar-refractivity contribution is 6.12. The zero-order chi connectivity index (χ0) is 35.9. The quantitative estimate of drug-likeness (QED) is 0.0992. The highest BCUT2D eigenvalue weighted by atomic mass is 16.5. The van der Waals surface area contributed by atoms with Crippen molar-refractivity contribution in [1.29, 1.82) is 0 Å². The van der Waals surface area contributed by atoms with E-state index < -0.39 is 17.4 Å². The molecule has 0 aromatic heterocycles. The van der Waals surface area contributed by atoms with Crippen LogP contribution in [0.5, 0.6) is 0 Å². The Hall–Kier alpha value is -4.30. The number of nitrogens with zero attached hydrogens (tertiary/aromatic N) is 1. The number of hydrogen-bond donors (Lipinski definition) is 2. The minimum atomic E-state index is -0.745. The molecule has 2 atom stereocenters. The maximum atomic E-state index is 13.2. The van der Waals surface area contributed by atoms with Gasteiger partial charge in [0.2, 0.25) is 11.8 Å². The minimum Gasteiger partial charge on any atom is -0.460 e. The Balaban J connectivity index is 1.95. The van der Waals surface area contributed by atoms with E-state index in [-0.39, 0.29) is 67.4 Å². The minimum absolute atomic E-state index is 0.0235. The third-order valence-electron chi connectivity index (χ3n) is 7.57. The second-order valence-electron chi connectivity index (χ2n) is 13.4. The van der Waals surface area contributed by atoms with Crippen LogP contribution >= 0.6 is 0 Å². The largest absolute Gasteiger partial charge is 0.460 e. The molecule has 11 heteroatoms. The highest BCUT2D eigenvalue weighted by Crippen LogP contribution is 2.21. The van der Waals surface area contributed by atoms with Gasteiger partial charge in [-0.05, 0) is 58.1 Å². The number of Topliss-reactive ketones (excluding diaryl/α,β-unsaturated/α-hetero) is 1. The van der Waals surface area contributed by atoms with E-state index in [0.29, 0.717) is 49.2 Å². The Morgan fingerprint density at radius 2 is 1.67 bits per heavy atom. The van der Waals surface area contributed by atoms with E-state index in [1.807, 2.05) is 20.8 Å². The van der Waals surface area contributed by atoms with Gasteiger partial charge >= 0.3 is 5.97 Å². The van der Waals surface area contributed by atoms with Gasteiger partial charge in [-0.2, -0.15) is 0 Å². The Bertz CT molecular complexity index is 1400. The Morgan fingerprint density at radius 3 is 2.29 bits per heavy atom. The van der Waals surface area contributed by atoms with Gasteiger partial charge in [0.15, 0.2) is 5.78 Å². The zero-order valence-electron chi connectivity index (χ0n) is 29.4. The molecule has 1 aliphatic heterocycles. The van der Waals surface area contributed by atoms with E-state index in [9.17, 15) is 28.8 Å². The number of amides is 4. The lowest BCUT2D eigenvalue weighted by molar-refractivity contribution is -0.154. The summed E-state index contributed by atoms with van der Waals surface area (Å²) in [7, 11) is 0. The van der Waals surface area contributed by atoms with Crippen LogP contribution in [0, 0.1) is 29.1 Å². The number of ether oxygens (including phenoxy) is 2. The van der Waals surface area contributed by atoms with Crippen LogP contribution in [-0.2, 0) is 44.8 Å². The molecule has 4 amide bonds. The van der Waals surface area contributed by atoms with Crippen molar-refractivity contribution in [1.82, 2.24) is 10.2 Å². The Morgan fingerprint density at radius 1 is 0.979 bits per heavy atom. The molecule has 2 rings (SSSR count). The van der Waals surface area contributed by atoms with E-state index in [1.165, 1.54) is 17.1 Å². The van der Waals surface area contributed by atoms with Gasteiger partial charge < -0.3 is 20.1 Å². The number of benzene rings is 1. The van der Waals surface area contributed by atoms with Crippen molar-refractivity contribution in [2.75, 3.05) is 25.1 Å². The zero-order valence-corrected chi connectivity index (χ0v) is 29.4. The lowest BCUT2D eigenvalue weighted by Crippen LogP contribution is -2.45. The molecule has 0 fully saturated rings. The average Bonchev–Trinajstić information content (AvgIpc) is 3.34. The molecule has 2 N–H and O–H groups in total. The highest BCUT2D eigenvalue weighted by Gasteiger charge is 2.28. The first-order valence-corrected chi connectivity index (χ1v) is 16.7. The third-order valence-corrected chi connectivity index (χ3v) is 7.57. The lowest BCUT2D eigenvalue weighted by Gasteiger charge is -2.23. The topological polar surface area (TPSA) is 148 Å². The van der Waals surface area contributed by atoms with Crippen molar-refractivity contribution in [2.24, 2.45) is 17.3 Å². The number of hydrogen-bond acceptors (Lipinski definition) is 8. The number of rotatable bonds is 18. The monoisotopic (exact) mass is 665 g/mol. The van der Waals surface area contributed by atoms with Crippen LogP contribution in [0.2, 0.25) is 0 Å². The van der Waals surface area contributed by atoms with E-state index in [2.05, 4.69) is 22.5 Å². The number of ketones is 1. The second-order valence-corrected chi connectivity index (χ2v) is 13.4. The first-order valence-electron chi connectivity index (χ1n) is 16.7. The van der Waals surface area contributed by atoms with Gasteiger partial charge in [0.05, 0.1) is 11.5 Å². The molecule has 1 aliphatic rings. The molecule has 11 nitrogen and oxygen atoms in total. The molecule has 0 saturated heterocycles. The van der Waals surface area contributed by atoms with Gasteiger partial charge in [-0.3, -0.25) is 33.7 Å². The van der Waals surface area contributed by atoms with Crippen LogP contribution < -0.4 is 10.6 Å². The van der Waals surface area contributed by atoms with Gasteiger partial charge in [0.25, 0.3) is 11.8 Å². The van der Waals surface area contributed by atoms with Crippen LogP contribution in [0.1, 0.15) is 98.1 Å². The van der Waals surface area contributed by atoms with Crippen molar-refractivity contribution < 1.29 is 38.2 Å². The molecular formula is C37H51N3O8. The Labute approximate surface area is 284 Å². The molecule has 0 spiro atoms. The van der Waals surface area contributed by atoms with E-state index >= 15 is 0 Å². The van der Waals surface area contributed by atoms with Crippen LogP contribution in [0.3, 0.4) is 0 Å². The molecule has 0 bridgehead atoms. The van der Waals surface area contributed by atoms with Crippen molar-refractivity contribution in [3.8, 4) is 11.8 Å². The first kappa shape index (κ1) is 39.9. The molecule has 0 aliphatic carbocycles. The summed E-state index contributed by atoms with van der Waals surface area (Å²) in [5, 5.41) is 5.68. The number of unbranched alkanes of at least 4 members (excludes halogenated alkanes) is 2. The summed E-state index contributed by atoms with van der Waals surface area (Å²) in [6.07, 6.45) is 5.27. The molecule has 48 heavy (non-hydrogen) atoms. The van der Waals surface area contributed by atoms with Gasteiger partial charge in [0, 0.05) is 60.9 Å². The van der Waals surface area contributed by atoms with Crippen LogP contribution in [-0.4, -0.2) is 66.1 Å². The molecule has 0 radical (unpaired) electrons. The van der Waals surface area contributed by atoms with Crippen LogP contribution in [0.4, 0.5) is 5.69 Å². The number of anilines is 1. The van der Waals surface area contributed by atoms with Crippen LogP contribution in [0.25, 0.3) is 0 Å². The summed E-state index contributed by atoms with van der Waals surface area (Å²) in [6, 6.07) is 4.39. The SMILES string of the molecule is CCCOCC#Cc1cc(NC(=O)[C@H](C)CC(=O)[C@@H](NC(=O)CCCCCN2C(=O)C=CC2=O)C(C)C)ccc1COC(=O)C(C)(C)C. The summed E-state index contributed by atoms with van der Waals surface area (Å²) in [4.78, 5) is 75.8. The van der Waals surface area contributed by atoms with Crippen molar-refractivity contribution >= 4 is 41.1 Å².